The van der Waals surface area contributed by atoms with E-state index in [1.807, 2.05) is 56.3 Å². The second-order valence-electron chi connectivity index (χ2n) is 13.2. The summed E-state index contributed by atoms with van der Waals surface area (Å²) in [7, 11) is 0. The summed E-state index contributed by atoms with van der Waals surface area (Å²) in [5.41, 5.74) is -0.658. The van der Waals surface area contributed by atoms with Crippen LogP contribution in [0.2, 0.25) is 0 Å². The number of unbranched alkanes of at least 4 members (excludes halogenated alkanes) is 2. The average molecular weight is 636 g/mol. The van der Waals surface area contributed by atoms with Crippen LogP contribution in [0.25, 0.3) is 0 Å². The van der Waals surface area contributed by atoms with Gasteiger partial charge >= 0.3 is 5.97 Å². The number of cyclic esters (lactones) is 1. The van der Waals surface area contributed by atoms with Gasteiger partial charge in [-0.1, -0.05) is 94.7 Å². The molecule has 46 heavy (non-hydrogen) atoms. The lowest BCUT2D eigenvalue weighted by molar-refractivity contribution is -0.162. The van der Waals surface area contributed by atoms with Crippen molar-refractivity contribution in [1.29, 1.82) is 0 Å². The highest BCUT2D eigenvalue weighted by Crippen LogP contribution is 2.56. The first-order valence-corrected chi connectivity index (χ1v) is 17.0. The molecule has 2 N–H and O–H groups in total. The van der Waals surface area contributed by atoms with Crippen molar-refractivity contribution in [2.75, 3.05) is 19.7 Å². The van der Waals surface area contributed by atoms with Gasteiger partial charge in [-0.25, -0.2) is 0 Å². The molecule has 2 saturated heterocycles. The number of ether oxygens (including phenoxy) is 2. The van der Waals surface area contributed by atoms with Crippen LogP contribution in [0.5, 0.6) is 0 Å². The van der Waals surface area contributed by atoms with E-state index in [9.17, 15) is 24.3 Å². The Balaban J connectivity index is 1.60. The molecule has 4 aliphatic rings. The van der Waals surface area contributed by atoms with E-state index in [0.717, 1.165) is 19.3 Å². The van der Waals surface area contributed by atoms with Gasteiger partial charge in [-0.05, 0) is 31.2 Å². The Hall–Kier alpha value is -3.50. The van der Waals surface area contributed by atoms with Crippen LogP contribution in [0.1, 0.15) is 77.9 Å². The third-order valence-electron chi connectivity index (χ3n) is 10.3. The number of hydrogen-bond acceptors (Lipinski definition) is 7. The van der Waals surface area contributed by atoms with Crippen LogP contribution in [-0.4, -0.2) is 88.1 Å². The molecule has 5 rings (SSSR count). The van der Waals surface area contributed by atoms with Crippen LogP contribution in [0, 0.1) is 17.8 Å². The molecule has 0 radical (unpaired) electrons. The minimum atomic E-state index is -1.37. The van der Waals surface area contributed by atoms with Crippen LogP contribution in [-0.2, 0) is 28.7 Å². The first-order valence-electron chi connectivity index (χ1n) is 17.0. The molecule has 10 nitrogen and oxygen atoms in total. The summed E-state index contributed by atoms with van der Waals surface area (Å²) >= 11 is 0. The van der Waals surface area contributed by atoms with Gasteiger partial charge in [0.2, 0.25) is 17.7 Å². The lowest BCUT2D eigenvalue weighted by Crippen LogP contribution is -2.59. The zero-order valence-electron chi connectivity index (χ0n) is 27.5. The number of aliphatic hydroxyl groups excluding tert-OH is 1. The summed E-state index contributed by atoms with van der Waals surface area (Å²) in [6.07, 6.45) is 9.92. The predicted molar refractivity (Wildman–Crippen MR) is 172 cm³/mol. The first kappa shape index (κ1) is 33.9. The summed E-state index contributed by atoms with van der Waals surface area (Å²) in [5, 5.41) is 13.6. The maximum Gasteiger partial charge on any atom is 0.313 e. The number of allylic oxidation sites excluding steroid dienone is 1. The van der Waals surface area contributed by atoms with E-state index in [4.69, 9.17) is 9.47 Å². The largest absolute Gasteiger partial charge is 0.455 e. The molecule has 1 aromatic rings. The van der Waals surface area contributed by atoms with E-state index in [0.29, 0.717) is 31.5 Å². The standard InChI is InChI=1S/C36H49N3O7/c1-5-7-13-20-38-21-14-9-12-17-28(41)37-24(4)31(25-15-10-8-11-16-25)45-35(44)29-27-18-19-36(46-27)30(29)33(42)39(32(36)34(38)43)26(22-40)23(3)6-2/h8-11,14-16,18-19,23-24,26-27,29-32,40H,5-7,12-13,17,20-22H2,1-4H3,(H,37,41)/b14-9-/t23-,24+,26-,27-,29+,30+,31-,32-,36+/m0/s1. The van der Waals surface area contributed by atoms with Crippen molar-refractivity contribution in [3.63, 3.8) is 0 Å². The molecule has 2 fully saturated rings. The Morgan fingerprint density at radius 1 is 1.07 bits per heavy atom. The second-order valence-corrected chi connectivity index (χ2v) is 13.2. The smallest absolute Gasteiger partial charge is 0.313 e. The third-order valence-corrected chi connectivity index (χ3v) is 10.3. The van der Waals surface area contributed by atoms with Crippen molar-refractivity contribution in [2.45, 2.75) is 102 Å². The summed E-state index contributed by atoms with van der Waals surface area (Å²) in [5.74, 6) is -3.54. The lowest BCUT2D eigenvalue weighted by Gasteiger charge is -2.40. The van der Waals surface area contributed by atoms with Gasteiger partial charge in [-0.2, -0.15) is 0 Å². The van der Waals surface area contributed by atoms with Crippen LogP contribution < -0.4 is 5.32 Å². The highest BCUT2D eigenvalue weighted by Gasteiger charge is 2.74. The van der Waals surface area contributed by atoms with E-state index in [2.05, 4.69) is 12.2 Å². The predicted octanol–water partition coefficient (Wildman–Crippen LogP) is 3.70. The molecular formula is C36H49N3O7. The highest BCUT2D eigenvalue weighted by molar-refractivity contribution is 5.99. The first-order chi connectivity index (χ1) is 22.2. The zero-order valence-corrected chi connectivity index (χ0v) is 27.5. The minimum Gasteiger partial charge on any atom is -0.455 e. The molecule has 1 aromatic carbocycles. The number of benzene rings is 1. The van der Waals surface area contributed by atoms with Gasteiger partial charge < -0.3 is 29.7 Å². The molecule has 4 heterocycles. The highest BCUT2D eigenvalue weighted by atomic mass is 16.6. The van der Waals surface area contributed by atoms with Gasteiger partial charge in [0.1, 0.15) is 23.7 Å². The van der Waals surface area contributed by atoms with Crippen molar-refractivity contribution >= 4 is 23.7 Å². The molecule has 250 valence electrons. The Kier molecular flexibility index (Phi) is 10.7. The average Bonchev–Trinajstić information content (AvgIpc) is 3.70. The minimum absolute atomic E-state index is 0.107. The second kappa shape index (κ2) is 14.5. The lowest BCUT2D eigenvalue weighted by atomic mass is 9.74. The van der Waals surface area contributed by atoms with E-state index in [-0.39, 0.29) is 36.7 Å². The maximum absolute atomic E-state index is 14.7. The van der Waals surface area contributed by atoms with Crippen molar-refractivity contribution < 1.29 is 33.8 Å². The molecule has 9 atom stereocenters. The number of rotatable bonds is 9. The molecule has 0 aliphatic carbocycles. The van der Waals surface area contributed by atoms with Crippen LogP contribution in [0.3, 0.4) is 0 Å². The molecule has 4 aliphatic heterocycles. The molecule has 0 saturated carbocycles. The number of esters is 1. The molecule has 1 spiro atoms. The molecular weight excluding hydrogens is 586 g/mol. The van der Waals surface area contributed by atoms with E-state index >= 15 is 0 Å². The fourth-order valence-electron chi connectivity index (χ4n) is 7.59. The topological polar surface area (TPSA) is 125 Å². The van der Waals surface area contributed by atoms with Crippen molar-refractivity contribution in [3.05, 3.63) is 60.2 Å². The number of likely N-dealkylation sites (tertiary alicyclic amines) is 1. The summed E-state index contributed by atoms with van der Waals surface area (Å²) in [4.78, 5) is 59.8. The van der Waals surface area contributed by atoms with Gasteiger partial charge in [-0.3, -0.25) is 19.2 Å². The van der Waals surface area contributed by atoms with Gasteiger partial charge in [0.15, 0.2) is 0 Å². The Morgan fingerprint density at radius 2 is 1.83 bits per heavy atom. The summed E-state index contributed by atoms with van der Waals surface area (Å²) < 4.78 is 12.8. The van der Waals surface area contributed by atoms with Crippen LogP contribution in [0.15, 0.2) is 54.6 Å². The molecule has 5 bridgehead atoms. The Bertz CT molecular complexity index is 1330. The van der Waals surface area contributed by atoms with E-state index in [1.165, 1.54) is 4.90 Å². The SMILES string of the molecule is CCCCCN1C/C=C\CCC(=O)N[C@H](C)[C@@H](c2ccccc2)OC(=O)[C@@H]2[C@@H]3C=C[C@]4(O3)[C@H](C1=O)N([C@@H](CO)[C@@H](C)CC)C(=O)[C@@H]24. The van der Waals surface area contributed by atoms with Crippen LogP contribution >= 0.6 is 0 Å². The fraction of sp³-hybridized carbons (Fsp3) is 0.611. The number of fused-ring (bicyclic) bond motifs is 2. The number of amides is 3. The van der Waals surface area contributed by atoms with Gasteiger partial charge in [0, 0.05) is 19.5 Å². The monoisotopic (exact) mass is 635 g/mol. The van der Waals surface area contributed by atoms with Crippen LogP contribution in [0.4, 0.5) is 0 Å². The van der Waals surface area contributed by atoms with Gasteiger partial charge in [0.25, 0.3) is 0 Å². The quantitative estimate of drug-likeness (QED) is 0.241. The molecule has 10 heteroatoms. The maximum atomic E-state index is 14.7. The van der Waals surface area contributed by atoms with Crippen molar-refractivity contribution in [1.82, 2.24) is 15.1 Å². The van der Waals surface area contributed by atoms with Crippen molar-refractivity contribution in [3.8, 4) is 0 Å². The number of hydrogen-bond donors (Lipinski definition) is 2. The summed E-state index contributed by atoms with van der Waals surface area (Å²) in [6, 6.07) is 6.99. The molecule has 3 amide bonds. The Morgan fingerprint density at radius 3 is 2.52 bits per heavy atom. The Labute approximate surface area is 272 Å². The number of nitrogens with one attached hydrogen (secondary N) is 1. The van der Waals surface area contributed by atoms with E-state index in [1.54, 1.807) is 24.0 Å². The number of aliphatic hydroxyl groups is 1. The number of nitrogens with zero attached hydrogens (tertiary/aromatic N) is 2. The molecule has 0 aromatic heterocycles. The van der Waals surface area contributed by atoms with E-state index < -0.39 is 53.7 Å². The molecule has 0 unspecified atom stereocenters. The van der Waals surface area contributed by atoms with Gasteiger partial charge in [0.05, 0.1) is 30.7 Å². The number of carbonyl (C=O) groups excluding carboxylic acids is 4. The third kappa shape index (κ3) is 6.26. The normalized spacial score (nSPS) is 33.5. The summed E-state index contributed by atoms with van der Waals surface area (Å²) in [6.45, 7) is 8.32. The zero-order chi connectivity index (χ0) is 33.0. The van der Waals surface area contributed by atoms with Gasteiger partial charge in [-0.15, -0.1) is 0 Å². The fourth-order valence-corrected chi connectivity index (χ4v) is 7.59. The van der Waals surface area contributed by atoms with Crippen molar-refractivity contribution in [2.24, 2.45) is 17.8 Å². The number of carbonyl (C=O) groups is 4.